The molecule has 0 amide bonds. The molecule has 2 nitrogen and oxygen atoms in total. The highest BCUT2D eigenvalue weighted by molar-refractivity contribution is 9.13. The molecule has 2 aromatic heterocycles. The second-order valence-corrected chi connectivity index (χ2v) is 6.66. The topological polar surface area (TPSA) is 39.2 Å². The smallest absolute Gasteiger partial charge is 0.108 e. The number of rotatable bonds is 3. The number of hydrogen-bond acceptors (Lipinski definition) is 3. The standard InChI is InChI=1S/C11H11Br2NOS/c1-2-8-6(3-4-15-8)10(14)9-5-7(12)11(13)16-9/h3-5,10H,2,14H2,1H3. The van der Waals surface area contributed by atoms with E-state index in [1.54, 1.807) is 17.6 Å². The van der Waals surface area contributed by atoms with Crippen LogP contribution in [0.25, 0.3) is 0 Å². The van der Waals surface area contributed by atoms with Crippen LogP contribution in [0.1, 0.15) is 29.2 Å². The van der Waals surface area contributed by atoms with Crippen LogP contribution in [0.4, 0.5) is 0 Å². The molecule has 2 heterocycles. The van der Waals surface area contributed by atoms with Crippen molar-refractivity contribution in [1.29, 1.82) is 0 Å². The van der Waals surface area contributed by atoms with Crippen molar-refractivity contribution >= 4 is 43.2 Å². The summed E-state index contributed by atoms with van der Waals surface area (Å²) in [6, 6.07) is 3.89. The van der Waals surface area contributed by atoms with Crippen LogP contribution in [-0.2, 0) is 6.42 Å². The average Bonchev–Trinajstić information content (AvgIpc) is 2.85. The third kappa shape index (κ3) is 2.27. The minimum Gasteiger partial charge on any atom is -0.469 e. The van der Waals surface area contributed by atoms with E-state index in [4.69, 9.17) is 10.2 Å². The van der Waals surface area contributed by atoms with Gasteiger partial charge in [0.2, 0.25) is 0 Å². The van der Waals surface area contributed by atoms with Crippen LogP contribution in [0.15, 0.2) is 31.1 Å². The predicted molar refractivity (Wildman–Crippen MR) is 73.8 cm³/mol. The molecule has 1 atom stereocenters. The van der Waals surface area contributed by atoms with E-state index in [0.29, 0.717) is 0 Å². The second kappa shape index (κ2) is 5.04. The quantitative estimate of drug-likeness (QED) is 0.872. The highest BCUT2D eigenvalue weighted by Crippen LogP contribution is 2.37. The van der Waals surface area contributed by atoms with Crippen LogP contribution in [0.5, 0.6) is 0 Å². The van der Waals surface area contributed by atoms with E-state index in [1.807, 2.05) is 12.1 Å². The number of halogens is 2. The van der Waals surface area contributed by atoms with E-state index in [9.17, 15) is 0 Å². The minimum absolute atomic E-state index is 0.110. The Balaban J connectivity index is 2.35. The van der Waals surface area contributed by atoms with E-state index < -0.39 is 0 Å². The maximum Gasteiger partial charge on any atom is 0.108 e. The Labute approximate surface area is 115 Å². The van der Waals surface area contributed by atoms with Crippen LogP contribution in [0.2, 0.25) is 0 Å². The van der Waals surface area contributed by atoms with Gasteiger partial charge in [-0.25, -0.2) is 0 Å². The molecule has 0 spiro atoms. The van der Waals surface area contributed by atoms with Crippen LogP contribution < -0.4 is 5.73 Å². The summed E-state index contributed by atoms with van der Waals surface area (Å²) in [6.45, 7) is 2.06. The van der Waals surface area contributed by atoms with E-state index in [-0.39, 0.29) is 6.04 Å². The molecule has 0 saturated carbocycles. The van der Waals surface area contributed by atoms with Crippen molar-refractivity contribution in [3.05, 3.63) is 42.9 Å². The number of hydrogen-bond donors (Lipinski definition) is 1. The molecular weight excluding hydrogens is 354 g/mol. The van der Waals surface area contributed by atoms with Crippen LogP contribution >= 0.6 is 43.2 Å². The summed E-state index contributed by atoms with van der Waals surface area (Å²) in [5, 5.41) is 0. The lowest BCUT2D eigenvalue weighted by molar-refractivity contribution is 0.509. The van der Waals surface area contributed by atoms with Crippen molar-refractivity contribution in [3.8, 4) is 0 Å². The van der Waals surface area contributed by atoms with Gasteiger partial charge >= 0.3 is 0 Å². The van der Waals surface area contributed by atoms with Gasteiger partial charge in [-0.15, -0.1) is 11.3 Å². The van der Waals surface area contributed by atoms with Crippen LogP contribution in [0.3, 0.4) is 0 Å². The molecule has 0 saturated heterocycles. The lowest BCUT2D eigenvalue weighted by Gasteiger charge is -2.08. The molecular formula is C11H11Br2NOS. The van der Waals surface area contributed by atoms with Crippen molar-refractivity contribution < 1.29 is 4.42 Å². The molecule has 0 radical (unpaired) electrons. The normalized spacial score (nSPS) is 13.0. The number of nitrogens with two attached hydrogens (primary N) is 1. The first kappa shape index (κ1) is 12.4. The Morgan fingerprint density at radius 1 is 1.50 bits per heavy atom. The van der Waals surface area contributed by atoms with Gasteiger partial charge in [-0.3, -0.25) is 0 Å². The zero-order valence-corrected chi connectivity index (χ0v) is 12.7. The maximum absolute atomic E-state index is 6.23. The highest BCUT2D eigenvalue weighted by Gasteiger charge is 2.18. The Bertz CT molecular complexity index is 472. The van der Waals surface area contributed by atoms with Gasteiger partial charge in [0.1, 0.15) is 5.76 Å². The summed E-state index contributed by atoms with van der Waals surface area (Å²) >= 11 is 8.59. The Kier molecular flexibility index (Phi) is 3.89. The fourth-order valence-electron chi connectivity index (χ4n) is 1.58. The minimum atomic E-state index is -0.110. The van der Waals surface area contributed by atoms with Crippen LogP contribution in [0, 0.1) is 0 Å². The third-order valence-electron chi connectivity index (χ3n) is 2.41. The first-order valence-electron chi connectivity index (χ1n) is 4.90. The molecule has 0 aromatic carbocycles. The molecule has 0 aliphatic heterocycles. The van der Waals surface area contributed by atoms with Crippen LogP contribution in [-0.4, -0.2) is 0 Å². The van der Waals surface area contributed by atoms with Gasteiger partial charge in [0.25, 0.3) is 0 Å². The van der Waals surface area contributed by atoms with Gasteiger partial charge < -0.3 is 10.2 Å². The predicted octanol–water partition coefficient (Wildman–Crippen LogP) is 4.48. The van der Waals surface area contributed by atoms with Crippen molar-refractivity contribution in [2.45, 2.75) is 19.4 Å². The molecule has 2 rings (SSSR count). The number of thiophene rings is 1. The molecule has 86 valence electrons. The Morgan fingerprint density at radius 3 is 2.81 bits per heavy atom. The van der Waals surface area contributed by atoms with Crippen molar-refractivity contribution in [2.24, 2.45) is 5.73 Å². The molecule has 0 aliphatic carbocycles. The monoisotopic (exact) mass is 363 g/mol. The molecule has 1 unspecified atom stereocenters. The number of aryl methyl sites for hydroxylation is 1. The molecule has 16 heavy (non-hydrogen) atoms. The van der Waals surface area contributed by atoms with Crippen molar-refractivity contribution in [2.75, 3.05) is 0 Å². The fraction of sp³-hybridized carbons (Fsp3) is 0.273. The molecule has 0 fully saturated rings. The second-order valence-electron chi connectivity index (χ2n) is 3.40. The van der Waals surface area contributed by atoms with Gasteiger partial charge in [0.15, 0.2) is 0 Å². The summed E-state index contributed by atoms with van der Waals surface area (Å²) in [7, 11) is 0. The first-order chi connectivity index (χ1) is 7.63. The van der Waals surface area contributed by atoms with E-state index in [1.165, 1.54) is 0 Å². The lowest BCUT2D eigenvalue weighted by atomic mass is 10.1. The largest absolute Gasteiger partial charge is 0.469 e. The van der Waals surface area contributed by atoms with E-state index >= 15 is 0 Å². The molecule has 2 N–H and O–H groups in total. The molecule has 0 aliphatic rings. The summed E-state index contributed by atoms with van der Waals surface area (Å²) in [4.78, 5) is 1.12. The SMILES string of the molecule is CCc1occc1C(N)c1cc(Br)c(Br)s1. The van der Waals surface area contributed by atoms with Gasteiger partial charge in [-0.1, -0.05) is 6.92 Å². The zero-order chi connectivity index (χ0) is 11.7. The highest BCUT2D eigenvalue weighted by atomic mass is 79.9. The summed E-state index contributed by atoms with van der Waals surface area (Å²) in [5.74, 6) is 0.966. The Morgan fingerprint density at radius 2 is 2.25 bits per heavy atom. The molecule has 0 bridgehead atoms. The fourth-order valence-corrected chi connectivity index (χ4v) is 3.70. The zero-order valence-electron chi connectivity index (χ0n) is 8.67. The lowest BCUT2D eigenvalue weighted by Crippen LogP contribution is -2.10. The van der Waals surface area contributed by atoms with Gasteiger partial charge in [-0.05, 0) is 44.0 Å². The Hall–Kier alpha value is -0.1000. The summed E-state index contributed by atoms with van der Waals surface area (Å²) in [6.07, 6.45) is 2.56. The maximum atomic E-state index is 6.23. The van der Waals surface area contributed by atoms with Gasteiger partial charge in [0.05, 0.1) is 16.1 Å². The number of furan rings is 1. The third-order valence-corrected chi connectivity index (χ3v) is 5.75. The van der Waals surface area contributed by atoms with E-state index in [2.05, 4.69) is 38.8 Å². The first-order valence-corrected chi connectivity index (χ1v) is 7.30. The van der Waals surface area contributed by atoms with Gasteiger partial charge in [-0.2, -0.15) is 0 Å². The summed E-state index contributed by atoms with van der Waals surface area (Å²) in [5.41, 5.74) is 7.30. The van der Waals surface area contributed by atoms with Crippen molar-refractivity contribution in [3.63, 3.8) is 0 Å². The summed E-state index contributed by atoms with van der Waals surface area (Å²) < 4.78 is 7.51. The van der Waals surface area contributed by atoms with Gasteiger partial charge in [0, 0.05) is 21.3 Å². The van der Waals surface area contributed by atoms with Crippen molar-refractivity contribution in [1.82, 2.24) is 0 Å². The van der Waals surface area contributed by atoms with E-state index in [0.717, 1.165) is 30.9 Å². The average molecular weight is 365 g/mol. The molecule has 5 heteroatoms. The molecule has 2 aromatic rings.